The Bertz CT molecular complexity index is 7200. The van der Waals surface area contributed by atoms with Crippen molar-refractivity contribution in [1.82, 2.24) is 13.7 Å². The molecule has 0 saturated carbocycles. The van der Waals surface area contributed by atoms with Gasteiger partial charge < -0.3 is 18.6 Å². The molecule has 0 radical (unpaired) electrons. The third kappa shape index (κ3) is 8.94. The van der Waals surface area contributed by atoms with E-state index in [-0.39, 0.29) is 60.4 Å². The summed E-state index contributed by atoms with van der Waals surface area (Å²) < 4.78 is 150. The predicted molar refractivity (Wildman–Crippen MR) is 420 cm³/mol. The highest BCUT2D eigenvalue weighted by Crippen LogP contribution is 2.52. The Morgan fingerprint density at radius 3 is 1.43 bits per heavy atom. The van der Waals surface area contributed by atoms with Crippen LogP contribution in [-0.2, 0) is 10.8 Å². The van der Waals surface area contributed by atoms with Gasteiger partial charge in [-0.25, -0.2) is 0 Å². The molecule has 6 heteroatoms. The van der Waals surface area contributed by atoms with E-state index in [0.29, 0.717) is 22.7 Å². The number of nitriles is 1. The SMILES string of the molecule is [2H]c1c([2H])c([2H])c2c(c1[2H])c1c([2H])c([2H])c([2H])c([2H])c1n2-c1ccc2c(c1)N(c1c(-c3ccccc3)cc(C(C)(C)C)cc1-c1ccccc1)c1cc(-n3c4c([2H])c([2H])c([2H])c([2H])c4c4c([2H])c(C#N)c([2H])c([2H])c43)cc3c1B2c1cc(-c2ccc(C(C)(C)C)cc2)cc2c4ccccc4c4ccccc4c4ccccc4n-3c12. The number of hydrogen-bond donors (Lipinski definition) is 0. The van der Waals surface area contributed by atoms with Crippen LogP contribution in [0.3, 0.4) is 0 Å². The van der Waals surface area contributed by atoms with Crippen LogP contribution in [0.15, 0.2) is 303 Å². The van der Waals surface area contributed by atoms with E-state index in [1.807, 2.05) is 103 Å². The quantitative estimate of drug-likeness (QED) is 0.156. The molecule has 99 heavy (non-hydrogen) atoms. The molecule has 0 aliphatic carbocycles. The van der Waals surface area contributed by atoms with Crippen LogP contribution in [0.25, 0.3) is 137 Å². The van der Waals surface area contributed by atoms with Crippen molar-refractivity contribution in [3.63, 3.8) is 0 Å². The summed E-state index contributed by atoms with van der Waals surface area (Å²) >= 11 is 0. The number of para-hydroxylation sites is 4. The van der Waals surface area contributed by atoms with Crippen molar-refractivity contribution < 1.29 is 20.6 Å². The highest BCUT2D eigenvalue weighted by molar-refractivity contribution is 7.00. The summed E-state index contributed by atoms with van der Waals surface area (Å²) in [6, 6.07) is 66.5. The Kier molecular flexibility index (Phi) is 9.87. The van der Waals surface area contributed by atoms with Gasteiger partial charge in [0.1, 0.15) is 0 Å². The van der Waals surface area contributed by atoms with Crippen LogP contribution in [0.4, 0.5) is 17.1 Å². The highest BCUT2D eigenvalue weighted by atomic mass is 15.2. The van der Waals surface area contributed by atoms with E-state index < -0.39 is 108 Å². The Labute approximate surface area is 597 Å². The van der Waals surface area contributed by atoms with Crippen LogP contribution in [-0.4, -0.2) is 20.4 Å². The third-order valence-electron chi connectivity index (χ3n) is 20.3. The fourth-order valence-corrected chi connectivity index (χ4v) is 15.7. The van der Waals surface area contributed by atoms with Gasteiger partial charge in [0, 0.05) is 71.7 Å². The summed E-state index contributed by atoms with van der Waals surface area (Å²) in [4.78, 5) is 2.20. The van der Waals surface area contributed by atoms with Crippen LogP contribution in [0.1, 0.15) is 78.8 Å². The summed E-state index contributed by atoms with van der Waals surface area (Å²) in [5.41, 5.74) is 12.2. The molecular formula is C93H68BN5. The van der Waals surface area contributed by atoms with E-state index in [1.54, 1.807) is 4.57 Å². The van der Waals surface area contributed by atoms with E-state index in [9.17, 15) is 23.1 Å². The summed E-state index contributed by atoms with van der Waals surface area (Å²) in [6.07, 6.45) is 0. The van der Waals surface area contributed by atoms with E-state index in [0.717, 1.165) is 104 Å². The molecule has 0 fully saturated rings. The molecule has 5 heterocycles. The molecule has 14 aromatic carbocycles. The minimum Gasteiger partial charge on any atom is -0.310 e. The molecule has 0 saturated heterocycles. The van der Waals surface area contributed by atoms with E-state index >= 15 is 0 Å². The number of aromatic nitrogens is 3. The van der Waals surface area contributed by atoms with Crippen LogP contribution < -0.4 is 21.3 Å². The second-order valence-electron chi connectivity index (χ2n) is 28.0. The van der Waals surface area contributed by atoms with Crippen LogP contribution in [0, 0.1) is 11.3 Å². The number of fused-ring (bicyclic) bond motifs is 17. The minimum atomic E-state index is -0.812. The molecule has 0 spiro atoms. The summed E-state index contributed by atoms with van der Waals surface area (Å²) in [5.74, 6) is 0. The van der Waals surface area contributed by atoms with E-state index in [2.05, 4.69) is 166 Å². The topological polar surface area (TPSA) is 41.8 Å². The third-order valence-corrected chi connectivity index (χ3v) is 20.3. The van der Waals surface area contributed by atoms with Crippen molar-refractivity contribution in [1.29, 1.82) is 5.26 Å². The number of rotatable bonds is 6. The lowest BCUT2D eigenvalue weighted by atomic mass is 9.33. The van der Waals surface area contributed by atoms with Gasteiger partial charge >= 0.3 is 0 Å². The maximum Gasteiger partial charge on any atom is 0.252 e. The van der Waals surface area contributed by atoms with Crippen molar-refractivity contribution in [3.05, 3.63) is 320 Å². The molecule has 0 amide bonds. The van der Waals surface area contributed by atoms with Gasteiger partial charge in [-0.05, 0) is 167 Å². The average molecular weight is 1280 g/mol. The smallest absolute Gasteiger partial charge is 0.252 e. The lowest BCUT2D eigenvalue weighted by molar-refractivity contribution is 0.590. The van der Waals surface area contributed by atoms with Gasteiger partial charge in [0.15, 0.2) is 0 Å². The molecule has 5 nitrogen and oxygen atoms in total. The van der Waals surface area contributed by atoms with Gasteiger partial charge in [0.2, 0.25) is 0 Å². The molecule has 0 N–H and O–H groups in total. The average Bonchev–Trinajstić information content (AvgIpc) is 1.12. The van der Waals surface area contributed by atoms with Gasteiger partial charge in [-0.15, -0.1) is 0 Å². The highest BCUT2D eigenvalue weighted by Gasteiger charge is 2.44. The Balaban J connectivity index is 1.12. The molecule has 3 aromatic heterocycles. The fraction of sp³-hybridized carbons (Fsp3) is 0.0860. The summed E-state index contributed by atoms with van der Waals surface area (Å²) in [5, 5.41) is 15.8. The molecule has 2 aliphatic heterocycles. The zero-order chi connectivity index (χ0) is 79.6. The number of hydrogen-bond acceptors (Lipinski definition) is 2. The van der Waals surface area contributed by atoms with Crippen molar-refractivity contribution >= 4 is 127 Å². The second kappa shape index (κ2) is 21.9. The maximum absolute atomic E-state index is 10.8. The first-order chi connectivity index (χ1) is 54.6. The van der Waals surface area contributed by atoms with Crippen LogP contribution in [0.2, 0.25) is 0 Å². The lowest BCUT2D eigenvalue weighted by Crippen LogP contribution is -2.60. The zero-order valence-electron chi connectivity index (χ0n) is 70.0. The van der Waals surface area contributed by atoms with Crippen molar-refractivity contribution in [2.75, 3.05) is 4.90 Å². The van der Waals surface area contributed by atoms with Crippen LogP contribution >= 0.6 is 0 Å². The van der Waals surface area contributed by atoms with Gasteiger partial charge in [0.25, 0.3) is 6.71 Å². The fourth-order valence-electron chi connectivity index (χ4n) is 15.7. The van der Waals surface area contributed by atoms with Crippen molar-refractivity contribution in [3.8, 4) is 56.5 Å². The number of anilines is 3. The largest absolute Gasteiger partial charge is 0.310 e. The van der Waals surface area contributed by atoms with Crippen molar-refractivity contribution in [2.45, 2.75) is 52.4 Å². The van der Waals surface area contributed by atoms with Crippen molar-refractivity contribution in [2.24, 2.45) is 0 Å². The van der Waals surface area contributed by atoms with E-state index in [4.69, 9.17) is 2.74 Å². The molecule has 19 rings (SSSR count). The summed E-state index contributed by atoms with van der Waals surface area (Å²) in [7, 11) is 0. The predicted octanol–water partition coefficient (Wildman–Crippen LogP) is 22.5. The summed E-state index contributed by atoms with van der Waals surface area (Å²) in [6.45, 7) is 12.3. The maximum atomic E-state index is 10.8. The minimum absolute atomic E-state index is 0.0850. The zero-order valence-corrected chi connectivity index (χ0v) is 55.0. The Morgan fingerprint density at radius 2 is 0.848 bits per heavy atom. The molecular weight excluding hydrogens is 1200 g/mol. The number of nitrogens with zero attached hydrogens (tertiary/aromatic N) is 5. The molecule has 17 aromatic rings. The monoisotopic (exact) mass is 1280 g/mol. The molecule has 0 atom stereocenters. The standard InChI is InChI=1S/C93H68BN5/c1-92(2,3)63-44-42-59(43-45-63)62-50-78-70-32-16-14-30-68(70)67-29-13-15-31-69(67)71-33-17-24-40-84(71)98-87-55-66(97-83-39-23-20-36-74(83)77-49-58(57-95)41-48-85(77)97)56-88-89(87)94(80(51-62)91(78)98)79-47-46-65(96-81-37-21-18-34-72(81)73-35-19-22-38-82(73)96)54-86(79)99(88)90-75(60-25-9-7-10-26-60)52-64(93(4,5)6)53-76(90)61-27-11-8-12-28-61/h7-56H,1-6H3/i18D,19D,20D,21D,22D,23D,34D,35D,36D,37D,38D,39D,41D,48D,49D. The van der Waals surface area contributed by atoms with Gasteiger partial charge in [-0.1, -0.05) is 260 Å². The first-order valence-corrected chi connectivity index (χ1v) is 33.3. The first-order valence-electron chi connectivity index (χ1n) is 40.8. The van der Waals surface area contributed by atoms with Gasteiger partial charge in [-0.2, -0.15) is 5.26 Å². The van der Waals surface area contributed by atoms with E-state index in [1.165, 1.54) is 4.57 Å². The second-order valence-corrected chi connectivity index (χ2v) is 28.0. The first kappa shape index (κ1) is 44.6. The Hall–Kier alpha value is -12.2. The Morgan fingerprint density at radius 1 is 0.354 bits per heavy atom. The normalized spacial score (nSPS) is 14.8. The molecule has 0 bridgehead atoms. The number of benzene rings is 14. The molecule has 468 valence electrons. The van der Waals surface area contributed by atoms with Gasteiger partial charge in [0.05, 0.1) is 71.2 Å². The van der Waals surface area contributed by atoms with Crippen LogP contribution in [0.5, 0.6) is 0 Å². The molecule has 0 unspecified atom stereocenters. The molecule has 2 aliphatic rings. The van der Waals surface area contributed by atoms with Gasteiger partial charge in [-0.3, -0.25) is 0 Å². The lowest BCUT2D eigenvalue weighted by Gasteiger charge is -2.43.